The number of halogens is 2. The van der Waals surface area contributed by atoms with E-state index in [0.29, 0.717) is 0 Å². The molecule has 0 aliphatic carbocycles. The molecule has 1 aromatic heterocycles. The number of rotatable bonds is 2. The van der Waals surface area contributed by atoms with E-state index in [4.69, 9.17) is 11.6 Å². The topological polar surface area (TPSA) is 57.0 Å². The first-order valence-corrected chi connectivity index (χ1v) is 4.95. The van der Waals surface area contributed by atoms with Crippen molar-refractivity contribution < 1.29 is 13.9 Å². The van der Waals surface area contributed by atoms with Gasteiger partial charge in [0.2, 0.25) is 0 Å². The van der Waals surface area contributed by atoms with Crippen LogP contribution in [0.25, 0.3) is 5.69 Å². The van der Waals surface area contributed by atoms with Crippen molar-refractivity contribution in [1.82, 2.24) is 15.0 Å². The number of methoxy groups -OCH3 is 1. The summed E-state index contributed by atoms with van der Waals surface area (Å²) in [5.41, 5.74) is 0.152. The Bertz CT molecular complexity index is 570. The third kappa shape index (κ3) is 2.26. The van der Waals surface area contributed by atoms with Crippen molar-refractivity contribution in [3.8, 4) is 5.69 Å². The van der Waals surface area contributed by atoms with Crippen molar-refractivity contribution in [3.05, 3.63) is 40.9 Å². The monoisotopic (exact) mass is 255 g/mol. The summed E-state index contributed by atoms with van der Waals surface area (Å²) in [4.78, 5) is 11.1. The van der Waals surface area contributed by atoms with Crippen LogP contribution >= 0.6 is 11.6 Å². The summed E-state index contributed by atoms with van der Waals surface area (Å²) in [5.74, 6) is -1.19. The molecule has 0 radical (unpaired) electrons. The Morgan fingerprint density at radius 2 is 2.29 bits per heavy atom. The van der Waals surface area contributed by atoms with Crippen LogP contribution in [-0.4, -0.2) is 28.1 Å². The lowest BCUT2D eigenvalue weighted by Crippen LogP contribution is -2.01. The number of carbonyl (C=O) groups excluding carboxylic acids is 1. The van der Waals surface area contributed by atoms with Gasteiger partial charge >= 0.3 is 5.97 Å². The highest BCUT2D eigenvalue weighted by atomic mass is 35.5. The Balaban J connectivity index is 2.40. The predicted molar refractivity (Wildman–Crippen MR) is 57.7 cm³/mol. The maximum atomic E-state index is 13.5. The molecule has 0 fully saturated rings. The SMILES string of the molecule is COC(=O)c1cn(-c2ccc(Cl)cc2F)nn1. The lowest BCUT2D eigenvalue weighted by Gasteiger charge is -2.01. The van der Waals surface area contributed by atoms with Crippen LogP contribution in [0, 0.1) is 5.82 Å². The highest BCUT2D eigenvalue weighted by Crippen LogP contribution is 2.17. The Labute approximate surface area is 101 Å². The fraction of sp³-hybridized carbons (Fsp3) is 0.100. The standard InChI is InChI=1S/C10H7ClFN3O2/c1-17-10(16)8-5-15(14-13-8)9-3-2-6(11)4-7(9)12/h2-5H,1H3. The molecule has 0 unspecified atom stereocenters. The van der Waals surface area contributed by atoms with Gasteiger partial charge in [-0.25, -0.2) is 13.9 Å². The fourth-order valence-corrected chi connectivity index (χ4v) is 1.41. The van der Waals surface area contributed by atoms with Gasteiger partial charge in [-0.05, 0) is 18.2 Å². The molecule has 2 rings (SSSR count). The number of hydrogen-bond donors (Lipinski definition) is 0. The molecule has 1 heterocycles. The summed E-state index contributed by atoms with van der Waals surface area (Å²) in [6.07, 6.45) is 1.28. The number of ether oxygens (including phenoxy) is 1. The Kier molecular flexibility index (Phi) is 3.06. The van der Waals surface area contributed by atoms with E-state index in [1.165, 1.54) is 25.4 Å². The average molecular weight is 256 g/mol. The zero-order valence-corrected chi connectivity index (χ0v) is 9.48. The van der Waals surface area contributed by atoms with Crippen molar-refractivity contribution in [2.45, 2.75) is 0 Å². The summed E-state index contributed by atoms with van der Waals surface area (Å²) in [6.45, 7) is 0. The minimum Gasteiger partial charge on any atom is -0.464 e. The van der Waals surface area contributed by atoms with E-state index in [1.54, 1.807) is 0 Å². The highest BCUT2D eigenvalue weighted by Gasteiger charge is 2.13. The van der Waals surface area contributed by atoms with E-state index in [0.717, 1.165) is 10.7 Å². The zero-order chi connectivity index (χ0) is 12.4. The van der Waals surface area contributed by atoms with E-state index in [2.05, 4.69) is 15.0 Å². The third-order valence-corrected chi connectivity index (χ3v) is 2.28. The molecule has 0 atom stereocenters. The second kappa shape index (κ2) is 4.50. The second-order valence-corrected chi connectivity index (χ2v) is 3.57. The van der Waals surface area contributed by atoms with Crippen LogP contribution in [0.4, 0.5) is 4.39 Å². The number of hydrogen-bond acceptors (Lipinski definition) is 4. The van der Waals surface area contributed by atoms with Gasteiger partial charge in [-0.2, -0.15) is 0 Å². The lowest BCUT2D eigenvalue weighted by molar-refractivity contribution is 0.0594. The Morgan fingerprint density at radius 1 is 1.53 bits per heavy atom. The van der Waals surface area contributed by atoms with E-state index in [9.17, 15) is 9.18 Å². The van der Waals surface area contributed by atoms with Crippen LogP contribution in [-0.2, 0) is 4.74 Å². The highest BCUT2D eigenvalue weighted by molar-refractivity contribution is 6.30. The lowest BCUT2D eigenvalue weighted by atomic mass is 10.3. The van der Waals surface area contributed by atoms with Crippen LogP contribution in [0.1, 0.15) is 10.5 Å². The van der Waals surface area contributed by atoms with Crippen molar-refractivity contribution in [3.63, 3.8) is 0 Å². The normalized spacial score (nSPS) is 10.3. The molecule has 0 N–H and O–H groups in total. The Morgan fingerprint density at radius 3 is 2.94 bits per heavy atom. The van der Waals surface area contributed by atoms with Gasteiger partial charge in [0.1, 0.15) is 11.5 Å². The molecule has 17 heavy (non-hydrogen) atoms. The number of carbonyl (C=O) groups is 1. The summed E-state index contributed by atoms with van der Waals surface area (Å²) in [7, 11) is 1.23. The molecule has 0 saturated heterocycles. The quantitative estimate of drug-likeness (QED) is 0.769. The van der Waals surface area contributed by atoms with Crippen molar-refractivity contribution in [2.24, 2.45) is 0 Å². The van der Waals surface area contributed by atoms with Crippen LogP contribution in [0.5, 0.6) is 0 Å². The molecule has 7 heteroatoms. The summed E-state index contributed by atoms with van der Waals surface area (Å²) in [5, 5.41) is 7.47. The maximum Gasteiger partial charge on any atom is 0.360 e. The molecule has 0 amide bonds. The van der Waals surface area contributed by atoms with Gasteiger partial charge in [-0.3, -0.25) is 0 Å². The molecule has 0 bridgehead atoms. The maximum absolute atomic E-state index is 13.5. The van der Waals surface area contributed by atoms with Crippen LogP contribution in [0.2, 0.25) is 5.02 Å². The molecule has 88 valence electrons. The largest absolute Gasteiger partial charge is 0.464 e. The minimum absolute atomic E-state index is 0.00171. The number of aromatic nitrogens is 3. The van der Waals surface area contributed by atoms with Crippen LogP contribution in [0.3, 0.4) is 0 Å². The molecular weight excluding hydrogens is 249 g/mol. The molecule has 0 aliphatic heterocycles. The van der Waals surface area contributed by atoms with Gasteiger partial charge < -0.3 is 4.74 Å². The molecule has 5 nitrogen and oxygen atoms in total. The van der Waals surface area contributed by atoms with Crippen LogP contribution in [0.15, 0.2) is 24.4 Å². The molecule has 0 spiro atoms. The van der Waals surface area contributed by atoms with E-state index in [-0.39, 0.29) is 16.4 Å². The van der Waals surface area contributed by atoms with Gasteiger partial charge in [0.15, 0.2) is 5.69 Å². The minimum atomic E-state index is -0.634. The summed E-state index contributed by atoms with van der Waals surface area (Å²) in [6, 6.07) is 4.10. The number of esters is 1. The summed E-state index contributed by atoms with van der Waals surface area (Å²) < 4.78 is 19.1. The first-order valence-electron chi connectivity index (χ1n) is 4.58. The van der Waals surface area contributed by atoms with E-state index >= 15 is 0 Å². The van der Waals surface area contributed by atoms with Crippen LogP contribution < -0.4 is 0 Å². The third-order valence-electron chi connectivity index (χ3n) is 2.04. The molecule has 0 aliphatic rings. The number of nitrogens with zero attached hydrogens (tertiary/aromatic N) is 3. The molecule has 1 aromatic carbocycles. The van der Waals surface area contributed by atoms with Crippen molar-refractivity contribution >= 4 is 17.6 Å². The predicted octanol–water partition coefficient (Wildman–Crippen LogP) is 1.85. The summed E-state index contributed by atoms with van der Waals surface area (Å²) >= 11 is 5.62. The van der Waals surface area contributed by atoms with E-state index < -0.39 is 11.8 Å². The molecular formula is C10H7ClFN3O2. The van der Waals surface area contributed by atoms with Gasteiger partial charge in [-0.15, -0.1) is 5.10 Å². The molecule has 0 saturated carbocycles. The Hall–Kier alpha value is -1.95. The smallest absolute Gasteiger partial charge is 0.360 e. The van der Waals surface area contributed by atoms with Gasteiger partial charge in [0.25, 0.3) is 0 Å². The number of benzene rings is 1. The molecule has 2 aromatic rings. The van der Waals surface area contributed by atoms with Gasteiger partial charge in [0.05, 0.1) is 13.3 Å². The zero-order valence-electron chi connectivity index (χ0n) is 8.72. The van der Waals surface area contributed by atoms with E-state index in [1.807, 2.05) is 0 Å². The second-order valence-electron chi connectivity index (χ2n) is 3.14. The van der Waals surface area contributed by atoms with Gasteiger partial charge in [0, 0.05) is 5.02 Å². The van der Waals surface area contributed by atoms with Crippen molar-refractivity contribution in [2.75, 3.05) is 7.11 Å². The van der Waals surface area contributed by atoms with Crippen molar-refractivity contribution in [1.29, 1.82) is 0 Å². The first-order chi connectivity index (χ1) is 8.11. The average Bonchev–Trinajstić information content (AvgIpc) is 2.77. The van der Waals surface area contributed by atoms with Gasteiger partial charge in [-0.1, -0.05) is 16.8 Å². The fourth-order valence-electron chi connectivity index (χ4n) is 1.25. The first kappa shape index (κ1) is 11.5.